The number of ether oxygens (including phenoxy) is 1. The molecular formula is C18H30N2O3. The van der Waals surface area contributed by atoms with Crippen molar-refractivity contribution >= 4 is 11.8 Å². The minimum absolute atomic E-state index is 0.104. The van der Waals surface area contributed by atoms with E-state index in [1.54, 1.807) is 18.9 Å². The van der Waals surface area contributed by atoms with Gasteiger partial charge in [0.2, 0.25) is 11.8 Å². The summed E-state index contributed by atoms with van der Waals surface area (Å²) in [6.07, 6.45) is 4.41. The summed E-state index contributed by atoms with van der Waals surface area (Å²) >= 11 is 0. The van der Waals surface area contributed by atoms with Gasteiger partial charge >= 0.3 is 0 Å². The van der Waals surface area contributed by atoms with Crippen molar-refractivity contribution in [2.45, 2.75) is 65.5 Å². The third kappa shape index (κ3) is 4.85. The van der Waals surface area contributed by atoms with Gasteiger partial charge in [-0.15, -0.1) is 0 Å². The Labute approximate surface area is 139 Å². The van der Waals surface area contributed by atoms with Crippen molar-refractivity contribution in [3.05, 3.63) is 24.1 Å². The van der Waals surface area contributed by atoms with Crippen molar-refractivity contribution < 1.29 is 14.3 Å². The van der Waals surface area contributed by atoms with Gasteiger partial charge in [0.1, 0.15) is 11.8 Å². The molecule has 5 nitrogen and oxygen atoms in total. The molecule has 0 aliphatic carbocycles. The van der Waals surface area contributed by atoms with Crippen molar-refractivity contribution in [3.8, 4) is 0 Å². The molecule has 0 radical (unpaired) electrons. The van der Waals surface area contributed by atoms with Crippen LogP contribution in [-0.2, 0) is 14.3 Å². The summed E-state index contributed by atoms with van der Waals surface area (Å²) in [5, 5.41) is 2.84. The lowest BCUT2D eigenvalue weighted by Crippen LogP contribution is -2.50. The zero-order valence-corrected chi connectivity index (χ0v) is 15.0. The van der Waals surface area contributed by atoms with E-state index < -0.39 is 6.04 Å². The summed E-state index contributed by atoms with van der Waals surface area (Å²) in [5.41, 5.74) is 0.629. The number of methoxy groups -OCH3 is 1. The Morgan fingerprint density at radius 3 is 2.52 bits per heavy atom. The van der Waals surface area contributed by atoms with Gasteiger partial charge < -0.3 is 15.0 Å². The zero-order chi connectivity index (χ0) is 17.6. The summed E-state index contributed by atoms with van der Waals surface area (Å²) in [6.45, 7) is 12.0. The van der Waals surface area contributed by atoms with Crippen LogP contribution in [0.5, 0.6) is 0 Å². The van der Waals surface area contributed by atoms with E-state index in [0.29, 0.717) is 24.5 Å². The number of hydrogen-bond donors (Lipinski definition) is 1. The van der Waals surface area contributed by atoms with Crippen molar-refractivity contribution in [1.82, 2.24) is 10.2 Å². The molecule has 5 heteroatoms. The number of allylic oxidation sites excluding steroid dienone is 1. The third-order valence-corrected chi connectivity index (χ3v) is 3.96. The molecule has 0 unspecified atom stereocenters. The van der Waals surface area contributed by atoms with E-state index in [-0.39, 0.29) is 17.9 Å². The van der Waals surface area contributed by atoms with Gasteiger partial charge in [-0.05, 0) is 18.8 Å². The van der Waals surface area contributed by atoms with E-state index in [1.807, 2.05) is 13.0 Å². The van der Waals surface area contributed by atoms with E-state index >= 15 is 0 Å². The lowest BCUT2D eigenvalue weighted by Gasteiger charge is -2.31. The molecule has 0 saturated carbocycles. The Morgan fingerprint density at radius 2 is 2.04 bits per heavy atom. The van der Waals surface area contributed by atoms with Gasteiger partial charge in [-0.25, -0.2) is 0 Å². The summed E-state index contributed by atoms with van der Waals surface area (Å²) in [6, 6.07) is -0.652. The quantitative estimate of drug-likeness (QED) is 0.747. The number of rotatable bonds is 8. The number of nitrogens with zero attached hydrogens (tertiary/aromatic N) is 1. The second-order valence-electron chi connectivity index (χ2n) is 6.36. The summed E-state index contributed by atoms with van der Waals surface area (Å²) in [7, 11) is 1.61. The van der Waals surface area contributed by atoms with Gasteiger partial charge in [0.05, 0.1) is 13.2 Å². The molecule has 1 aliphatic heterocycles. The summed E-state index contributed by atoms with van der Waals surface area (Å²) in [4.78, 5) is 26.4. The van der Waals surface area contributed by atoms with Crippen LogP contribution in [0.1, 0.15) is 53.4 Å². The first-order valence-corrected chi connectivity index (χ1v) is 8.42. The van der Waals surface area contributed by atoms with Crippen LogP contribution in [0, 0.1) is 5.92 Å². The largest absolute Gasteiger partial charge is 0.499 e. The van der Waals surface area contributed by atoms with Crippen LogP contribution in [0.15, 0.2) is 24.1 Å². The van der Waals surface area contributed by atoms with Crippen LogP contribution in [0.3, 0.4) is 0 Å². The highest BCUT2D eigenvalue weighted by Gasteiger charge is 2.38. The number of amides is 2. The summed E-state index contributed by atoms with van der Waals surface area (Å²) < 4.78 is 5.44. The number of nitrogens with one attached hydrogen (secondary N) is 1. The molecule has 1 aliphatic rings. The highest BCUT2D eigenvalue weighted by Crippen LogP contribution is 2.31. The summed E-state index contributed by atoms with van der Waals surface area (Å²) in [5.74, 6) is 0.957. The van der Waals surface area contributed by atoms with E-state index in [9.17, 15) is 9.59 Å². The smallest absolute Gasteiger partial charge is 0.250 e. The van der Waals surface area contributed by atoms with Crippen LogP contribution in [0.4, 0.5) is 0 Å². The molecule has 0 saturated heterocycles. The van der Waals surface area contributed by atoms with Crippen molar-refractivity contribution in [2.75, 3.05) is 7.11 Å². The Bertz CT molecular complexity index is 483. The number of carbonyl (C=O) groups excluding carboxylic acids is 2. The number of carbonyl (C=O) groups is 2. The van der Waals surface area contributed by atoms with Gasteiger partial charge in [-0.3, -0.25) is 9.59 Å². The van der Waals surface area contributed by atoms with E-state index in [0.717, 1.165) is 18.6 Å². The zero-order valence-electron chi connectivity index (χ0n) is 15.0. The van der Waals surface area contributed by atoms with E-state index in [4.69, 9.17) is 4.74 Å². The lowest BCUT2D eigenvalue weighted by molar-refractivity contribution is -0.136. The molecule has 1 heterocycles. The normalized spacial score (nSPS) is 18.9. The monoisotopic (exact) mass is 322 g/mol. The molecule has 0 fully saturated rings. The maximum Gasteiger partial charge on any atom is 0.250 e. The fourth-order valence-corrected chi connectivity index (χ4v) is 2.83. The van der Waals surface area contributed by atoms with Gasteiger partial charge in [0, 0.05) is 18.2 Å². The van der Waals surface area contributed by atoms with Crippen molar-refractivity contribution in [2.24, 2.45) is 5.92 Å². The first kappa shape index (κ1) is 19.3. The first-order chi connectivity index (χ1) is 10.8. The second-order valence-corrected chi connectivity index (χ2v) is 6.36. The highest BCUT2D eigenvalue weighted by molar-refractivity contribution is 5.89. The standard InChI is InChI=1S/C18H30N2O3/c1-7-9-14(19-17(21)8-2)18(22)20-13(5)11-16(23-6)15(20)10-12(3)4/h11-12,14-15H,5,7-10H2,1-4,6H3,(H,19,21)/t14-,15-/m1/s1. The van der Waals surface area contributed by atoms with Crippen molar-refractivity contribution in [1.29, 1.82) is 0 Å². The van der Waals surface area contributed by atoms with Gasteiger partial charge in [-0.1, -0.05) is 40.7 Å². The van der Waals surface area contributed by atoms with Gasteiger partial charge in [0.15, 0.2) is 0 Å². The third-order valence-electron chi connectivity index (χ3n) is 3.96. The molecule has 23 heavy (non-hydrogen) atoms. The predicted octanol–water partition coefficient (Wildman–Crippen LogP) is 2.98. The Morgan fingerprint density at radius 1 is 1.39 bits per heavy atom. The molecule has 2 amide bonds. The minimum Gasteiger partial charge on any atom is -0.499 e. The van der Waals surface area contributed by atoms with Gasteiger partial charge in [-0.2, -0.15) is 0 Å². The molecule has 0 aromatic carbocycles. The van der Waals surface area contributed by atoms with Crippen molar-refractivity contribution in [3.63, 3.8) is 0 Å². The Hall–Kier alpha value is -1.78. The average molecular weight is 322 g/mol. The highest BCUT2D eigenvalue weighted by atomic mass is 16.5. The Balaban J connectivity index is 3.00. The number of hydrogen-bond acceptors (Lipinski definition) is 3. The Kier molecular flexibility index (Phi) is 7.33. The van der Waals surface area contributed by atoms with E-state index in [1.165, 1.54) is 0 Å². The molecule has 0 aromatic rings. The van der Waals surface area contributed by atoms with Crippen LogP contribution in [-0.4, -0.2) is 35.9 Å². The predicted molar refractivity (Wildman–Crippen MR) is 91.5 cm³/mol. The molecule has 130 valence electrons. The average Bonchev–Trinajstić information content (AvgIpc) is 2.80. The minimum atomic E-state index is -0.511. The maximum absolute atomic E-state index is 13.0. The molecule has 0 bridgehead atoms. The molecule has 1 N–H and O–H groups in total. The van der Waals surface area contributed by atoms with Crippen LogP contribution >= 0.6 is 0 Å². The van der Waals surface area contributed by atoms with Crippen LogP contribution in [0.25, 0.3) is 0 Å². The fraction of sp³-hybridized carbons (Fsp3) is 0.667. The SMILES string of the molecule is C=C1C=C(OC)[C@@H](CC(C)C)N1C(=O)[C@@H](CCC)NC(=O)CC. The lowest BCUT2D eigenvalue weighted by atomic mass is 10.0. The molecule has 0 aromatic heterocycles. The van der Waals surface area contributed by atoms with Crippen LogP contribution in [0.2, 0.25) is 0 Å². The molecule has 0 spiro atoms. The molecule has 2 atom stereocenters. The fourth-order valence-electron chi connectivity index (χ4n) is 2.83. The first-order valence-electron chi connectivity index (χ1n) is 8.42. The topological polar surface area (TPSA) is 58.6 Å². The molecule has 1 rings (SSSR count). The van der Waals surface area contributed by atoms with E-state index in [2.05, 4.69) is 25.7 Å². The van der Waals surface area contributed by atoms with Gasteiger partial charge in [0.25, 0.3) is 0 Å². The molecular weight excluding hydrogens is 292 g/mol. The maximum atomic E-state index is 13.0. The van der Waals surface area contributed by atoms with Crippen LogP contribution < -0.4 is 5.32 Å². The second kappa shape index (κ2) is 8.75.